The van der Waals surface area contributed by atoms with E-state index in [2.05, 4.69) is 10.3 Å². The Morgan fingerprint density at radius 2 is 1.81 bits per heavy atom. The Morgan fingerprint density at radius 3 is 2.62 bits per heavy atom. The Kier molecular flexibility index (Phi) is 4.81. The third-order valence-corrected chi connectivity index (χ3v) is 5.87. The van der Waals surface area contributed by atoms with Crippen LogP contribution in [0.15, 0.2) is 54.6 Å². The molecule has 1 N–H and O–H groups in total. The van der Waals surface area contributed by atoms with Crippen molar-refractivity contribution in [3.8, 4) is 0 Å². The lowest BCUT2D eigenvalue weighted by Crippen LogP contribution is -2.24. The highest BCUT2D eigenvalue weighted by Gasteiger charge is 2.15. The summed E-state index contributed by atoms with van der Waals surface area (Å²) in [6.45, 7) is 0.557. The van der Waals surface area contributed by atoms with Crippen LogP contribution in [-0.4, -0.2) is 17.4 Å². The first kappa shape index (κ1) is 17.3. The standard InChI is InChI=1S/C20H14Cl2N2OS/c21-13-7-5-12(6-8-13)9-10-23-20(25)17-11-15-18(26-17)14-3-1-2-4-16(14)24-19(15)22/h1-8,11H,9-10H2,(H,23,25). The Morgan fingerprint density at radius 1 is 1.04 bits per heavy atom. The minimum atomic E-state index is -0.0969. The van der Waals surface area contributed by atoms with Crippen LogP contribution in [0.4, 0.5) is 0 Å². The molecule has 0 aliphatic heterocycles. The molecule has 0 aliphatic rings. The van der Waals surface area contributed by atoms with Gasteiger partial charge in [-0.25, -0.2) is 4.98 Å². The molecular formula is C20H14Cl2N2OS. The van der Waals surface area contributed by atoms with Gasteiger partial charge in [0.2, 0.25) is 0 Å². The van der Waals surface area contributed by atoms with Crippen molar-refractivity contribution in [2.24, 2.45) is 0 Å². The predicted molar refractivity (Wildman–Crippen MR) is 110 cm³/mol. The molecule has 0 saturated carbocycles. The summed E-state index contributed by atoms with van der Waals surface area (Å²) >= 11 is 13.6. The van der Waals surface area contributed by atoms with Crippen molar-refractivity contribution in [1.29, 1.82) is 0 Å². The molecule has 2 heterocycles. The third kappa shape index (κ3) is 3.40. The summed E-state index contributed by atoms with van der Waals surface area (Å²) in [5.41, 5.74) is 1.96. The van der Waals surface area contributed by atoms with Crippen LogP contribution in [0.5, 0.6) is 0 Å². The number of benzene rings is 2. The number of para-hydroxylation sites is 1. The third-order valence-electron chi connectivity index (χ3n) is 4.16. The number of fused-ring (bicyclic) bond motifs is 3. The molecule has 26 heavy (non-hydrogen) atoms. The summed E-state index contributed by atoms with van der Waals surface area (Å²) in [6.07, 6.45) is 0.749. The number of halogens is 2. The molecule has 4 rings (SSSR count). The van der Waals surface area contributed by atoms with Crippen LogP contribution in [0.1, 0.15) is 15.2 Å². The fraction of sp³-hybridized carbons (Fsp3) is 0.100. The first-order valence-electron chi connectivity index (χ1n) is 8.12. The minimum Gasteiger partial charge on any atom is -0.351 e. The van der Waals surface area contributed by atoms with Gasteiger partial charge in [-0.2, -0.15) is 0 Å². The normalized spacial score (nSPS) is 11.2. The highest BCUT2D eigenvalue weighted by molar-refractivity contribution is 7.21. The number of rotatable bonds is 4. The molecule has 0 fully saturated rings. The van der Waals surface area contributed by atoms with E-state index in [4.69, 9.17) is 23.2 Å². The molecule has 2 aromatic carbocycles. The average Bonchev–Trinajstić information content (AvgIpc) is 3.10. The molecule has 0 aliphatic carbocycles. The van der Waals surface area contributed by atoms with E-state index in [9.17, 15) is 4.79 Å². The number of thiophene rings is 1. The molecule has 0 atom stereocenters. The molecule has 0 spiro atoms. The van der Waals surface area contributed by atoms with Crippen molar-refractivity contribution >= 4 is 61.4 Å². The fourth-order valence-electron chi connectivity index (χ4n) is 2.84. The van der Waals surface area contributed by atoms with Gasteiger partial charge in [-0.1, -0.05) is 53.5 Å². The smallest absolute Gasteiger partial charge is 0.261 e. The van der Waals surface area contributed by atoms with Gasteiger partial charge in [0, 0.05) is 27.0 Å². The van der Waals surface area contributed by atoms with E-state index < -0.39 is 0 Å². The summed E-state index contributed by atoms with van der Waals surface area (Å²) in [7, 11) is 0. The molecule has 0 bridgehead atoms. The molecule has 0 saturated heterocycles. The Labute approximate surface area is 164 Å². The van der Waals surface area contributed by atoms with Gasteiger partial charge in [0.1, 0.15) is 5.15 Å². The second kappa shape index (κ2) is 7.23. The Bertz CT molecular complexity index is 1110. The lowest BCUT2D eigenvalue weighted by molar-refractivity contribution is 0.0958. The zero-order valence-corrected chi connectivity index (χ0v) is 16.0. The molecule has 1 amide bonds. The minimum absolute atomic E-state index is 0.0969. The van der Waals surface area contributed by atoms with Crippen molar-refractivity contribution in [3.63, 3.8) is 0 Å². The summed E-state index contributed by atoms with van der Waals surface area (Å²) < 4.78 is 0.989. The number of aromatic nitrogens is 1. The van der Waals surface area contributed by atoms with E-state index in [1.54, 1.807) is 0 Å². The predicted octanol–water partition coefficient (Wildman–Crippen LogP) is 5.73. The van der Waals surface area contributed by atoms with Crippen molar-refractivity contribution in [2.75, 3.05) is 6.54 Å². The maximum Gasteiger partial charge on any atom is 0.261 e. The maximum absolute atomic E-state index is 12.5. The van der Waals surface area contributed by atoms with Gasteiger partial charge >= 0.3 is 0 Å². The first-order chi connectivity index (χ1) is 12.6. The van der Waals surface area contributed by atoms with Crippen LogP contribution in [0.3, 0.4) is 0 Å². The van der Waals surface area contributed by atoms with Gasteiger partial charge in [0.05, 0.1) is 10.4 Å². The van der Waals surface area contributed by atoms with Crippen LogP contribution >= 0.6 is 34.5 Å². The zero-order valence-electron chi connectivity index (χ0n) is 13.6. The monoisotopic (exact) mass is 400 g/mol. The van der Waals surface area contributed by atoms with Gasteiger partial charge in [-0.15, -0.1) is 11.3 Å². The second-order valence-corrected chi connectivity index (χ2v) is 7.75. The number of hydrogen-bond acceptors (Lipinski definition) is 3. The van der Waals surface area contributed by atoms with E-state index in [0.29, 0.717) is 21.6 Å². The largest absolute Gasteiger partial charge is 0.351 e. The number of hydrogen-bond donors (Lipinski definition) is 1. The van der Waals surface area contributed by atoms with Gasteiger partial charge in [0.15, 0.2) is 0 Å². The number of nitrogens with zero attached hydrogens (tertiary/aromatic N) is 1. The summed E-state index contributed by atoms with van der Waals surface area (Å²) in [5.74, 6) is -0.0969. The lowest BCUT2D eigenvalue weighted by Gasteiger charge is -2.04. The number of amides is 1. The summed E-state index contributed by atoms with van der Waals surface area (Å²) in [5, 5.41) is 5.93. The zero-order chi connectivity index (χ0) is 18.1. The Balaban J connectivity index is 1.54. The summed E-state index contributed by atoms with van der Waals surface area (Å²) in [4.78, 5) is 17.6. The van der Waals surface area contributed by atoms with E-state index in [0.717, 1.165) is 33.0 Å². The highest BCUT2D eigenvalue weighted by atomic mass is 35.5. The SMILES string of the molecule is O=C(NCCc1ccc(Cl)cc1)c1cc2c(Cl)nc3ccccc3c2s1. The van der Waals surface area contributed by atoms with Crippen LogP contribution in [-0.2, 0) is 6.42 Å². The highest BCUT2D eigenvalue weighted by Crippen LogP contribution is 2.35. The molecule has 2 aromatic heterocycles. The van der Waals surface area contributed by atoms with Crippen LogP contribution < -0.4 is 5.32 Å². The quantitative estimate of drug-likeness (QED) is 0.444. The maximum atomic E-state index is 12.5. The van der Waals surface area contributed by atoms with Gasteiger partial charge in [-0.3, -0.25) is 4.79 Å². The Hall–Kier alpha value is -2.14. The molecule has 130 valence electrons. The number of carbonyl (C=O) groups is 1. The van der Waals surface area contributed by atoms with Gasteiger partial charge in [-0.05, 0) is 36.2 Å². The number of carbonyl (C=O) groups excluding carboxylic acids is 1. The van der Waals surface area contributed by atoms with Crippen molar-refractivity contribution < 1.29 is 4.79 Å². The molecule has 3 nitrogen and oxygen atoms in total. The second-order valence-electron chi connectivity index (χ2n) is 5.91. The van der Waals surface area contributed by atoms with Crippen molar-refractivity contribution in [3.05, 3.63) is 75.2 Å². The molecular weight excluding hydrogens is 387 g/mol. The van der Waals surface area contributed by atoms with E-state index >= 15 is 0 Å². The molecule has 0 unspecified atom stereocenters. The van der Waals surface area contributed by atoms with E-state index in [1.807, 2.05) is 54.6 Å². The van der Waals surface area contributed by atoms with E-state index in [1.165, 1.54) is 11.3 Å². The average molecular weight is 401 g/mol. The lowest BCUT2D eigenvalue weighted by atomic mass is 10.1. The van der Waals surface area contributed by atoms with Crippen LogP contribution in [0, 0.1) is 0 Å². The molecule has 6 heteroatoms. The van der Waals surface area contributed by atoms with E-state index in [-0.39, 0.29) is 5.91 Å². The number of nitrogens with one attached hydrogen (secondary N) is 1. The first-order valence-corrected chi connectivity index (χ1v) is 9.69. The number of pyridine rings is 1. The van der Waals surface area contributed by atoms with Gasteiger partial charge < -0.3 is 5.32 Å². The summed E-state index contributed by atoms with van der Waals surface area (Å²) in [6, 6.07) is 17.3. The molecule has 4 aromatic rings. The van der Waals surface area contributed by atoms with Crippen molar-refractivity contribution in [1.82, 2.24) is 10.3 Å². The fourth-order valence-corrected chi connectivity index (χ4v) is 4.38. The van der Waals surface area contributed by atoms with Crippen LogP contribution in [0.2, 0.25) is 10.2 Å². The van der Waals surface area contributed by atoms with Gasteiger partial charge in [0.25, 0.3) is 5.91 Å². The molecule has 0 radical (unpaired) electrons. The van der Waals surface area contributed by atoms with Crippen LogP contribution in [0.25, 0.3) is 21.0 Å². The topological polar surface area (TPSA) is 42.0 Å². The van der Waals surface area contributed by atoms with Crippen molar-refractivity contribution in [2.45, 2.75) is 6.42 Å².